The van der Waals surface area contributed by atoms with Gasteiger partial charge in [0.15, 0.2) is 11.0 Å². The van der Waals surface area contributed by atoms with Gasteiger partial charge in [-0.05, 0) is 61.2 Å². The Morgan fingerprint density at radius 3 is 2.30 bits per heavy atom. The van der Waals surface area contributed by atoms with Gasteiger partial charge in [-0.25, -0.2) is 0 Å². The molecule has 1 N–H and O–H groups in total. The first-order valence-corrected chi connectivity index (χ1v) is 12.0. The molecule has 0 aliphatic heterocycles. The Kier molecular flexibility index (Phi) is 8.77. The maximum atomic E-state index is 12.7. The Hall–Kier alpha value is -3.00. The van der Waals surface area contributed by atoms with E-state index in [0.29, 0.717) is 17.7 Å². The molecule has 7 nitrogen and oxygen atoms in total. The number of aromatic nitrogens is 3. The number of hydrogen-bond donors (Lipinski definition) is 1. The van der Waals surface area contributed by atoms with Crippen molar-refractivity contribution in [2.75, 3.05) is 12.4 Å². The number of anilines is 1. The summed E-state index contributed by atoms with van der Waals surface area (Å²) >= 11 is 1.39. The Morgan fingerprint density at radius 2 is 1.70 bits per heavy atom. The van der Waals surface area contributed by atoms with E-state index in [9.17, 15) is 4.79 Å². The fraction of sp³-hybridized carbons (Fsp3) is 0.400. The van der Waals surface area contributed by atoms with Crippen molar-refractivity contribution in [3.8, 4) is 11.5 Å². The maximum Gasteiger partial charge on any atom is 0.237 e. The van der Waals surface area contributed by atoms with Gasteiger partial charge in [0.2, 0.25) is 5.91 Å². The quantitative estimate of drug-likeness (QED) is 0.390. The SMILES string of the molecule is CCc1ccc(OCc2nnc(SC(C)C(=O)Nc3ccc(OC)cc3)n2CC(C)C)cc1. The van der Waals surface area contributed by atoms with Gasteiger partial charge in [0, 0.05) is 12.2 Å². The summed E-state index contributed by atoms with van der Waals surface area (Å²) in [6.45, 7) is 9.34. The molecule has 0 bridgehead atoms. The molecule has 0 fully saturated rings. The van der Waals surface area contributed by atoms with Crippen LogP contribution in [-0.2, 0) is 24.4 Å². The number of hydrogen-bond acceptors (Lipinski definition) is 6. The smallest absolute Gasteiger partial charge is 0.237 e. The van der Waals surface area contributed by atoms with Gasteiger partial charge >= 0.3 is 0 Å². The van der Waals surface area contributed by atoms with Crippen LogP contribution in [0.25, 0.3) is 0 Å². The molecule has 0 aliphatic rings. The molecular weight excluding hydrogens is 436 g/mol. The van der Waals surface area contributed by atoms with Crippen molar-refractivity contribution >= 4 is 23.4 Å². The van der Waals surface area contributed by atoms with E-state index in [-0.39, 0.29) is 11.2 Å². The summed E-state index contributed by atoms with van der Waals surface area (Å²) in [5.74, 6) is 2.58. The Morgan fingerprint density at radius 1 is 1.03 bits per heavy atom. The van der Waals surface area contributed by atoms with Crippen molar-refractivity contribution in [2.24, 2.45) is 5.92 Å². The van der Waals surface area contributed by atoms with Gasteiger partial charge in [-0.15, -0.1) is 10.2 Å². The number of benzene rings is 2. The highest BCUT2D eigenvalue weighted by molar-refractivity contribution is 8.00. The average Bonchev–Trinajstić information content (AvgIpc) is 3.18. The second-order valence-electron chi connectivity index (χ2n) is 8.17. The number of aryl methyl sites for hydroxylation is 1. The number of carbonyl (C=O) groups excluding carboxylic acids is 1. The van der Waals surface area contributed by atoms with Gasteiger partial charge in [-0.1, -0.05) is 44.7 Å². The first-order chi connectivity index (χ1) is 15.9. The van der Waals surface area contributed by atoms with E-state index in [2.05, 4.69) is 48.4 Å². The molecule has 0 saturated heterocycles. The summed E-state index contributed by atoms with van der Waals surface area (Å²) in [7, 11) is 1.61. The lowest BCUT2D eigenvalue weighted by Crippen LogP contribution is -2.23. The van der Waals surface area contributed by atoms with Gasteiger partial charge < -0.3 is 19.4 Å². The fourth-order valence-electron chi connectivity index (χ4n) is 3.16. The number of rotatable bonds is 11. The molecule has 176 valence electrons. The second kappa shape index (κ2) is 11.7. The monoisotopic (exact) mass is 468 g/mol. The van der Waals surface area contributed by atoms with Crippen LogP contribution in [0.3, 0.4) is 0 Å². The van der Waals surface area contributed by atoms with Crippen molar-refractivity contribution in [3.05, 3.63) is 59.9 Å². The van der Waals surface area contributed by atoms with Crippen LogP contribution in [0.1, 0.15) is 39.1 Å². The minimum atomic E-state index is -0.349. The molecule has 1 heterocycles. The number of ether oxygens (including phenoxy) is 2. The number of amides is 1. The molecule has 33 heavy (non-hydrogen) atoms. The predicted octanol–water partition coefficient (Wildman–Crippen LogP) is 5.20. The molecule has 0 radical (unpaired) electrons. The topological polar surface area (TPSA) is 78.3 Å². The van der Waals surface area contributed by atoms with E-state index in [1.54, 1.807) is 7.11 Å². The van der Waals surface area contributed by atoms with Crippen LogP contribution in [0, 0.1) is 5.92 Å². The van der Waals surface area contributed by atoms with Crippen molar-refractivity contribution in [2.45, 2.75) is 57.7 Å². The van der Waals surface area contributed by atoms with Crippen molar-refractivity contribution < 1.29 is 14.3 Å². The van der Waals surface area contributed by atoms with Crippen LogP contribution in [-0.4, -0.2) is 33.0 Å². The third-order valence-corrected chi connectivity index (χ3v) is 6.13. The molecule has 0 saturated carbocycles. The summed E-state index contributed by atoms with van der Waals surface area (Å²) in [5, 5.41) is 12.0. The first kappa shape index (κ1) is 24.6. The lowest BCUT2D eigenvalue weighted by molar-refractivity contribution is -0.115. The van der Waals surface area contributed by atoms with Crippen LogP contribution in [0.5, 0.6) is 11.5 Å². The molecule has 0 aliphatic carbocycles. The highest BCUT2D eigenvalue weighted by atomic mass is 32.2. The van der Waals surface area contributed by atoms with E-state index in [1.807, 2.05) is 47.9 Å². The summed E-state index contributed by atoms with van der Waals surface area (Å²) in [5.41, 5.74) is 1.99. The van der Waals surface area contributed by atoms with E-state index in [4.69, 9.17) is 9.47 Å². The molecule has 1 amide bonds. The largest absolute Gasteiger partial charge is 0.497 e. The Balaban J connectivity index is 1.66. The highest BCUT2D eigenvalue weighted by Crippen LogP contribution is 2.25. The summed E-state index contributed by atoms with van der Waals surface area (Å²) < 4.78 is 13.2. The zero-order chi connectivity index (χ0) is 23.8. The molecule has 1 unspecified atom stereocenters. The van der Waals surface area contributed by atoms with Crippen LogP contribution < -0.4 is 14.8 Å². The molecule has 1 atom stereocenters. The number of nitrogens with zero attached hydrogens (tertiary/aromatic N) is 3. The van der Waals surface area contributed by atoms with Gasteiger partial charge in [0.25, 0.3) is 0 Å². The summed E-state index contributed by atoms with van der Waals surface area (Å²) in [4.78, 5) is 12.7. The van der Waals surface area contributed by atoms with E-state index < -0.39 is 0 Å². The van der Waals surface area contributed by atoms with Crippen molar-refractivity contribution in [3.63, 3.8) is 0 Å². The molecule has 2 aromatic carbocycles. The van der Waals surface area contributed by atoms with Crippen LogP contribution >= 0.6 is 11.8 Å². The normalized spacial score (nSPS) is 11.9. The molecule has 1 aromatic heterocycles. The molecule has 3 rings (SSSR count). The zero-order valence-corrected chi connectivity index (χ0v) is 20.7. The van der Waals surface area contributed by atoms with Crippen molar-refractivity contribution in [1.82, 2.24) is 14.8 Å². The Bertz CT molecular complexity index is 1030. The van der Waals surface area contributed by atoms with Crippen molar-refractivity contribution in [1.29, 1.82) is 0 Å². The van der Waals surface area contributed by atoms with E-state index >= 15 is 0 Å². The average molecular weight is 469 g/mol. The zero-order valence-electron chi connectivity index (χ0n) is 19.9. The number of carbonyl (C=O) groups is 1. The first-order valence-electron chi connectivity index (χ1n) is 11.1. The third-order valence-electron chi connectivity index (χ3n) is 5.05. The van der Waals surface area contributed by atoms with Crippen LogP contribution in [0.2, 0.25) is 0 Å². The lowest BCUT2D eigenvalue weighted by Gasteiger charge is -2.15. The minimum Gasteiger partial charge on any atom is -0.497 e. The number of thioether (sulfide) groups is 1. The van der Waals surface area contributed by atoms with Crippen LogP contribution in [0.15, 0.2) is 53.7 Å². The van der Waals surface area contributed by atoms with Gasteiger partial charge in [-0.3, -0.25) is 4.79 Å². The highest BCUT2D eigenvalue weighted by Gasteiger charge is 2.21. The second-order valence-corrected chi connectivity index (χ2v) is 9.48. The maximum absolute atomic E-state index is 12.7. The summed E-state index contributed by atoms with van der Waals surface area (Å²) in [6, 6.07) is 15.4. The standard InChI is InChI=1S/C25H32N4O3S/c1-6-19-7-11-22(12-8-19)32-16-23-27-28-25(29(23)15-17(2)3)33-18(4)24(30)26-20-9-13-21(31-5)14-10-20/h7-14,17-18H,6,15-16H2,1-5H3,(H,26,30). The lowest BCUT2D eigenvalue weighted by atomic mass is 10.2. The molecular formula is C25H32N4O3S. The number of nitrogens with one attached hydrogen (secondary N) is 1. The molecule has 8 heteroatoms. The van der Waals surface area contributed by atoms with Gasteiger partial charge in [-0.2, -0.15) is 0 Å². The van der Waals surface area contributed by atoms with Gasteiger partial charge in [0.1, 0.15) is 18.1 Å². The number of methoxy groups -OCH3 is 1. The van der Waals surface area contributed by atoms with E-state index in [0.717, 1.165) is 36.0 Å². The minimum absolute atomic E-state index is 0.0990. The molecule has 0 spiro atoms. The Labute approximate surface area is 199 Å². The van der Waals surface area contributed by atoms with Gasteiger partial charge in [0.05, 0.1) is 12.4 Å². The predicted molar refractivity (Wildman–Crippen MR) is 132 cm³/mol. The van der Waals surface area contributed by atoms with Crippen LogP contribution in [0.4, 0.5) is 5.69 Å². The fourth-order valence-corrected chi connectivity index (χ4v) is 4.04. The molecule has 3 aromatic rings. The summed E-state index contributed by atoms with van der Waals surface area (Å²) in [6.07, 6.45) is 0.994. The van der Waals surface area contributed by atoms with E-state index in [1.165, 1.54) is 17.3 Å². The third kappa shape index (κ3) is 6.99.